The van der Waals surface area contributed by atoms with Crippen LogP contribution in [-0.2, 0) is 0 Å². The Kier molecular flexibility index (Phi) is 6.09. The third-order valence-electron chi connectivity index (χ3n) is 6.02. The van der Waals surface area contributed by atoms with Crippen LogP contribution < -0.4 is 5.32 Å². The molecule has 0 aliphatic heterocycles. The number of aryl methyl sites for hydroxylation is 2. The average Bonchev–Trinajstić information content (AvgIpc) is 3.31. The minimum Gasteiger partial charge on any atom is -0.436 e. The lowest BCUT2D eigenvalue weighted by Gasteiger charge is -2.29. The van der Waals surface area contributed by atoms with Gasteiger partial charge in [-0.1, -0.05) is 6.07 Å². The highest BCUT2D eigenvalue weighted by Gasteiger charge is 2.30. The van der Waals surface area contributed by atoms with Gasteiger partial charge in [0.1, 0.15) is 4.83 Å². The van der Waals surface area contributed by atoms with Gasteiger partial charge in [-0.05, 0) is 56.1 Å². The predicted octanol–water partition coefficient (Wildman–Crippen LogP) is 4.31. The van der Waals surface area contributed by atoms with Crippen molar-refractivity contribution < 1.29 is 14.0 Å². The monoisotopic (exact) mass is 440 g/mol. The Hall–Kier alpha value is -2.74. The topological polar surface area (TPSA) is 88.3 Å². The number of aromatic nitrogens is 2. The van der Waals surface area contributed by atoms with Crippen LogP contribution >= 0.6 is 11.3 Å². The molecule has 1 N–H and O–H groups in total. The maximum Gasteiger partial charge on any atom is 0.289 e. The number of nitrogens with zero attached hydrogens (tertiary/aromatic N) is 3. The van der Waals surface area contributed by atoms with Gasteiger partial charge < -0.3 is 14.6 Å². The number of nitrogens with one attached hydrogen (secondary N) is 1. The molecule has 7 nitrogen and oxygen atoms in total. The molecule has 1 saturated carbocycles. The molecule has 0 spiro atoms. The van der Waals surface area contributed by atoms with Gasteiger partial charge in [-0.2, -0.15) is 0 Å². The van der Waals surface area contributed by atoms with Crippen molar-refractivity contribution >= 4 is 33.4 Å². The standard InChI is InChI=1S/C23H28N4O3S/c1-13-19(30-14(2)26-13)21(28)25-12-15-7-9-16(10-8-15)18-17-6-5-11-24-22(17)31-20(18)23(29)27(3)4/h5-6,11,15-16H,7-10,12H2,1-4H3,(H,25,28). The third kappa shape index (κ3) is 4.35. The number of pyridine rings is 1. The zero-order valence-electron chi connectivity index (χ0n) is 18.4. The fourth-order valence-corrected chi connectivity index (χ4v) is 5.68. The maximum absolute atomic E-state index is 12.8. The molecule has 3 heterocycles. The summed E-state index contributed by atoms with van der Waals surface area (Å²) >= 11 is 1.49. The Bertz CT molecular complexity index is 1110. The maximum atomic E-state index is 12.8. The second kappa shape index (κ2) is 8.78. The van der Waals surface area contributed by atoms with E-state index in [1.807, 2.05) is 6.07 Å². The summed E-state index contributed by atoms with van der Waals surface area (Å²) in [5.74, 6) is 1.40. The number of hydrogen-bond acceptors (Lipinski definition) is 6. The summed E-state index contributed by atoms with van der Waals surface area (Å²) in [6.45, 7) is 4.15. The van der Waals surface area contributed by atoms with E-state index >= 15 is 0 Å². The summed E-state index contributed by atoms with van der Waals surface area (Å²) in [4.78, 5) is 37.3. The Morgan fingerprint density at radius 2 is 1.97 bits per heavy atom. The zero-order valence-corrected chi connectivity index (χ0v) is 19.2. The van der Waals surface area contributed by atoms with E-state index in [-0.39, 0.29) is 11.8 Å². The Morgan fingerprint density at radius 3 is 2.61 bits per heavy atom. The molecule has 8 heteroatoms. The number of carbonyl (C=O) groups excluding carboxylic acids is 2. The van der Waals surface area contributed by atoms with Crippen LogP contribution in [0.4, 0.5) is 0 Å². The van der Waals surface area contributed by atoms with Crippen LogP contribution in [0, 0.1) is 19.8 Å². The van der Waals surface area contributed by atoms with Crippen molar-refractivity contribution in [3.63, 3.8) is 0 Å². The molecule has 3 aromatic rings. The molecule has 1 aliphatic carbocycles. The molecule has 0 atom stereocenters. The van der Waals surface area contributed by atoms with Crippen LogP contribution in [0.15, 0.2) is 22.7 Å². The summed E-state index contributed by atoms with van der Waals surface area (Å²) < 4.78 is 5.41. The zero-order chi connectivity index (χ0) is 22.1. The lowest BCUT2D eigenvalue weighted by Crippen LogP contribution is -2.31. The van der Waals surface area contributed by atoms with E-state index < -0.39 is 0 Å². The molecule has 0 unspecified atom stereocenters. The van der Waals surface area contributed by atoms with E-state index in [4.69, 9.17) is 4.42 Å². The fraction of sp³-hybridized carbons (Fsp3) is 0.478. The quantitative estimate of drug-likeness (QED) is 0.639. The number of hydrogen-bond donors (Lipinski definition) is 1. The van der Waals surface area contributed by atoms with Crippen LogP contribution in [0.25, 0.3) is 10.2 Å². The summed E-state index contributed by atoms with van der Waals surface area (Å²) in [5, 5.41) is 4.11. The smallest absolute Gasteiger partial charge is 0.289 e. The molecule has 0 aromatic carbocycles. The van der Waals surface area contributed by atoms with Crippen molar-refractivity contribution in [2.75, 3.05) is 20.6 Å². The van der Waals surface area contributed by atoms with Gasteiger partial charge in [0.15, 0.2) is 5.89 Å². The molecule has 0 radical (unpaired) electrons. The van der Waals surface area contributed by atoms with Gasteiger partial charge in [-0.15, -0.1) is 11.3 Å². The van der Waals surface area contributed by atoms with Crippen LogP contribution in [0.2, 0.25) is 0 Å². The number of fused-ring (bicyclic) bond motifs is 1. The van der Waals surface area contributed by atoms with Crippen LogP contribution in [-0.4, -0.2) is 47.3 Å². The number of rotatable bonds is 5. The van der Waals surface area contributed by atoms with E-state index in [0.717, 1.165) is 46.3 Å². The van der Waals surface area contributed by atoms with Gasteiger partial charge in [0, 0.05) is 39.1 Å². The van der Waals surface area contributed by atoms with Crippen LogP contribution in [0.5, 0.6) is 0 Å². The normalized spacial score (nSPS) is 18.8. The summed E-state index contributed by atoms with van der Waals surface area (Å²) in [6.07, 6.45) is 5.79. The Labute approximate surface area is 185 Å². The Balaban J connectivity index is 1.44. The molecule has 164 valence electrons. The largest absolute Gasteiger partial charge is 0.436 e. The lowest BCUT2D eigenvalue weighted by molar-refractivity contribution is 0.0829. The van der Waals surface area contributed by atoms with Crippen LogP contribution in [0.1, 0.15) is 69.0 Å². The van der Waals surface area contributed by atoms with Crippen molar-refractivity contribution in [1.29, 1.82) is 0 Å². The first kappa shape index (κ1) is 21.5. The lowest BCUT2D eigenvalue weighted by atomic mass is 9.78. The minimum atomic E-state index is -0.200. The number of amides is 2. The van der Waals surface area contributed by atoms with Crippen molar-refractivity contribution in [3.8, 4) is 0 Å². The van der Waals surface area contributed by atoms with E-state index in [2.05, 4.69) is 21.4 Å². The molecule has 1 fully saturated rings. The molecule has 3 aromatic heterocycles. The van der Waals surface area contributed by atoms with E-state index in [1.165, 1.54) is 11.3 Å². The van der Waals surface area contributed by atoms with E-state index in [0.29, 0.717) is 35.7 Å². The first-order chi connectivity index (χ1) is 14.8. The molecule has 0 saturated heterocycles. The minimum absolute atomic E-state index is 0.0464. The highest BCUT2D eigenvalue weighted by Crippen LogP contribution is 2.43. The van der Waals surface area contributed by atoms with Gasteiger partial charge in [-0.3, -0.25) is 9.59 Å². The number of thiophene rings is 1. The van der Waals surface area contributed by atoms with Gasteiger partial charge in [0.05, 0.1) is 10.6 Å². The van der Waals surface area contributed by atoms with E-state index in [1.54, 1.807) is 39.0 Å². The molecule has 4 rings (SSSR count). The molecule has 2 amide bonds. The fourth-order valence-electron chi connectivity index (χ4n) is 4.43. The number of oxazole rings is 1. The second-order valence-corrected chi connectivity index (χ2v) is 9.47. The van der Waals surface area contributed by atoms with Gasteiger partial charge >= 0.3 is 0 Å². The van der Waals surface area contributed by atoms with Crippen LogP contribution in [0.3, 0.4) is 0 Å². The average molecular weight is 441 g/mol. The molecule has 31 heavy (non-hydrogen) atoms. The van der Waals surface area contributed by atoms with E-state index in [9.17, 15) is 9.59 Å². The number of carbonyl (C=O) groups is 2. The first-order valence-corrected chi connectivity index (χ1v) is 11.5. The SMILES string of the molecule is Cc1nc(C)c(C(=O)NCC2CCC(c3c(C(=O)N(C)C)sc4ncccc34)CC2)o1. The van der Waals surface area contributed by atoms with Crippen molar-refractivity contribution in [2.45, 2.75) is 45.4 Å². The molecule has 1 aliphatic rings. The summed E-state index contributed by atoms with van der Waals surface area (Å²) in [6, 6.07) is 4.02. The van der Waals surface area contributed by atoms with Crippen molar-refractivity contribution in [3.05, 3.63) is 46.1 Å². The van der Waals surface area contributed by atoms with Crippen molar-refractivity contribution in [2.24, 2.45) is 5.92 Å². The van der Waals surface area contributed by atoms with Crippen molar-refractivity contribution in [1.82, 2.24) is 20.2 Å². The summed E-state index contributed by atoms with van der Waals surface area (Å²) in [5.41, 5.74) is 1.77. The van der Waals surface area contributed by atoms with Gasteiger partial charge in [0.2, 0.25) is 5.76 Å². The second-order valence-electron chi connectivity index (χ2n) is 8.48. The highest BCUT2D eigenvalue weighted by atomic mass is 32.1. The summed E-state index contributed by atoms with van der Waals surface area (Å²) in [7, 11) is 3.59. The predicted molar refractivity (Wildman–Crippen MR) is 121 cm³/mol. The molecular weight excluding hydrogens is 412 g/mol. The third-order valence-corrected chi connectivity index (χ3v) is 7.14. The van der Waals surface area contributed by atoms with Gasteiger partial charge in [0.25, 0.3) is 11.8 Å². The van der Waals surface area contributed by atoms with Gasteiger partial charge in [-0.25, -0.2) is 9.97 Å². The molecular formula is C23H28N4O3S. The molecule has 0 bridgehead atoms. The highest BCUT2D eigenvalue weighted by molar-refractivity contribution is 7.20. The first-order valence-electron chi connectivity index (χ1n) is 10.7. The Morgan fingerprint density at radius 1 is 1.23 bits per heavy atom.